The van der Waals surface area contributed by atoms with E-state index in [1.54, 1.807) is 7.11 Å². The Morgan fingerprint density at radius 3 is 2.89 bits per heavy atom. The van der Waals surface area contributed by atoms with Crippen LogP contribution in [0.1, 0.15) is 30.2 Å². The number of hydrogen-bond acceptors (Lipinski definition) is 7. The van der Waals surface area contributed by atoms with Gasteiger partial charge in [-0.05, 0) is 19.4 Å². The standard InChI is InChI=1S/C12H17N5O2/c1-4-10-8(5-7(2)15-16-10)12-14-11(17-19-12)9(13)6-18-3/h5,9H,4,6,13H2,1-3H3. The SMILES string of the molecule is CCc1nnc(C)cc1-c1nc(C(N)COC)no1. The molecule has 0 aliphatic carbocycles. The van der Waals surface area contributed by atoms with E-state index < -0.39 is 6.04 Å². The summed E-state index contributed by atoms with van der Waals surface area (Å²) < 4.78 is 10.2. The molecule has 2 heterocycles. The van der Waals surface area contributed by atoms with Crippen molar-refractivity contribution < 1.29 is 9.26 Å². The third-order valence-electron chi connectivity index (χ3n) is 2.68. The molecule has 1 unspecified atom stereocenters. The molecule has 0 aliphatic heterocycles. The van der Waals surface area contributed by atoms with Crippen molar-refractivity contribution in [1.82, 2.24) is 20.3 Å². The number of methoxy groups -OCH3 is 1. The van der Waals surface area contributed by atoms with Crippen LogP contribution in [0.15, 0.2) is 10.6 Å². The second-order valence-corrected chi connectivity index (χ2v) is 4.22. The van der Waals surface area contributed by atoms with E-state index in [1.165, 1.54) is 0 Å². The normalized spacial score (nSPS) is 12.6. The van der Waals surface area contributed by atoms with E-state index >= 15 is 0 Å². The second kappa shape index (κ2) is 5.85. The molecule has 0 spiro atoms. The van der Waals surface area contributed by atoms with E-state index in [4.69, 9.17) is 15.0 Å². The van der Waals surface area contributed by atoms with Crippen molar-refractivity contribution in [1.29, 1.82) is 0 Å². The maximum atomic E-state index is 5.86. The topological polar surface area (TPSA) is 100.0 Å². The Morgan fingerprint density at radius 2 is 2.21 bits per heavy atom. The zero-order valence-corrected chi connectivity index (χ0v) is 11.3. The molecule has 2 N–H and O–H groups in total. The summed E-state index contributed by atoms with van der Waals surface area (Å²) in [7, 11) is 1.58. The summed E-state index contributed by atoms with van der Waals surface area (Å²) in [6, 6.07) is 1.48. The van der Waals surface area contributed by atoms with Gasteiger partial charge in [0.1, 0.15) is 0 Å². The molecule has 0 aromatic carbocycles. The number of hydrogen-bond donors (Lipinski definition) is 1. The van der Waals surface area contributed by atoms with E-state index in [-0.39, 0.29) is 0 Å². The summed E-state index contributed by atoms with van der Waals surface area (Å²) in [5.41, 5.74) is 8.28. The predicted octanol–water partition coefficient (Wildman–Crippen LogP) is 1.04. The summed E-state index contributed by atoms with van der Waals surface area (Å²) in [5, 5.41) is 12.0. The molecule has 0 saturated heterocycles. The van der Waals surface area contributed by atoms with Gasteiger partial charge in [-0.2, -0.15) is 15.2 Å². The van der Waals surface area contributed by atoms with Gasteiger partial charge in [0.05, 0.1) is 29.6 Å². The minimum atomic E-state index is -0.400. The summed E-state index contributed by atoms with van der Waals surface area (Å²) in [6.07, 6.45) is 0.741. The Hall–Kier alpha value is -1.86. The van der Waals surface area contributed by atoms with Gasteiger partial charge < -0.3 is 15.0 Å². The molecule has 0 fully saturated rings. The molecular formula is C12H17N5O2. The Balaban J connectivity index is 2.34. The predicted molar refractivity (Wildman–Crippen MR) is 68.2 cm³/mol. The molecule has 0 bridgehead atoms. The number of ether oxygens (including phenoxy) is 1. The van der Waals surface area contributed by atoms with Crippen LogP contribution in [0, 0.1) is 6.92 Å². The van der Waals surface area contributed by atoms with E-state index in [9.17, 15) is 0 Å². The van der Waals surface area contributed by atoms with E-state index in [2.05, 4.69) is 20.3 Å². The lowest BCUT2D eigenvalue weighted by Gasteiger charge is -2.04. The average molecular weight is 263 g/mol. The zero-order chi connectivity index (χ0) is 13.8. The minimum absolute atomic E-state index is 0.341. The zero-order valence-electron chi connectivity index (χ0n) is 11.3. The molecule has 2 aromatic rings. The lowest BCUT2D eigenvalue weighted by Crippen LogP contribution is -2.17. The molecule has 0 amide bonds. The maximum absolute atomic E-state index is 5.86. The van der Waals surface area contributed by atoms with E-state index in [0.29, 0.717) is 18.3 Å². The van der Waals surface area contributed by atoms with Crippen LogP contribution >= 0.6 is 0 Å². The lowest BCUT2D eigenvalue weighted by atomic mass is 10.1. The van der Waals surface area contributed by atoms with Gasteiger partial charge in [0, 0.05) is 7.11 Å². The Morgan fingerprint density at radius 1 is 1.42 bits per heavy atom. The van der Waals surface area contributed by atoms with E-state index in [0.717, 1.165) is 23.4 Å². The van der Waals surface area contributed by atoms with Crippen molar-refractivity contribution in [3.05, 3.63) is 23.3 Å². The monoisotopic (exact) mass is 263 g/mol. The van der Waals surface area contributed by atoms with Gasteiger partial charge in [0.15, 0.2) is 5.82 Å². The average Bonchev–Trinajstić information content (AvgIpc) is 2.88. The Bertz CT molecular complexity index is 555. The summed E-state index contributed by atoms with van der Waals surface area (Å²) >= 11 is 0. The molecule has 0 aliphatic rings. The smallest absolute Gasteiger partial charge is 0.259 e. The quantitative estimate of drug-likeness (QED) is 0.860. The summed E-state index contributed by atoms with van der Waals surface area (Å²) in [4.78, 5) is 4.30. The van der Waals surface area contributed by atoms with Crippen molar-refractivity contribution in [2.75, 3.05) is 13.7 Å². The third kappa shape index (κ3) is 2.94. The first kappa shape index (κ1) is 13.6. The number of aromatic nitrogens is 4. The fourth-order valence-corrected chi connectivity index (χ4v) is 1.71. The van der Waals surface area contributed by atoms with Crippen molar-refractivity contribution in [2.24, 2.45) is 5.73 Å². The first-order chi connectivity index (χ1) is 9.15. The number of nitrogens with two attached hydrogens (primary N) is 1. The van der Waals surface area contributed by atoms with Gasteiger partial charge in [0.2, 0.25) is 0 Å². The van der Waals surface area contributed by atoms with Gasteiger partial charge in [-0.25, -0.2) is 0 Å². The van der Waals surface area contributed by atoms with Crippen LogP contribution in [0.2, 0.25) is 0 Å². The lowest BCUT2D eigenvalue weighted by molar-refractivity contribution is 0.177. The molecular weight excluding hydrogens is 246 g/mol. The van der Waals surface area contributed by atoms with Crippen molar-refractivity contribution in [3.8, 4) is 11.5 Å². The Labute approximate surface area is 111 Å². The number of nitrogens with zero attached hydrogens (tertiary/aromatic N) is 4. The molecule has 7 heteroatoms. The van der Waals surface area contributed by atoms with Crippen LogP contribution < -0.4 is 5.73 Å². The van der Waals surface area contributed by atoms with Crippen LogP contribution in [0.25, 0.3) is 11.5 Å². The number of aryl methyl sites for hydroxylation is 2. The van der Waals surface area contributed by atoms with Crippen molar-refractivity contribution >= 4 is 0 Å². The van der Waals surface area contributed by atoms with Gasteiger partial charge in [0.25, 0.3) is 5.89 Å². The van der Waals surface area contributed by atoms with Gasteiger partial charge >= 0.3 is 0 Å². The highest BCUT2D eigenvalue weighted by Gasteiger charge is 2.18. The van der Waals surface area contributed by atoms with Crippen LogP contribution in [0.5, 0.6) is 0 Å². The summed E-state index contributed by atoms with van der Waals surface area (Å²) in [5.74, 6) is 0.838. The number of rotatable bonds is 5. The molecule has 19 heavy (non-hydrogen) atoms. The highest BCUT2D eigenvalue weighted by molar-refractivity contribution is 5.56. The first-order valence-corrected chi connectivity index (χ1v) is 6.07. The fraction of sp³-hybridized carbons (Fsp3) is 0.500. The van der Waals surface area contributed by atoms with Crippen LogP contribution in [0.3, 0.4) is 0 Å². The molecule has 7 nitrogen and oxygen atoms in total. The largest absolute Gasteiger partial charge is 0.383 e. The molecule has 0 radical (unpaired) electrons. The molecule has 2 rings (SSSR count). The molecule has 2 aromatic heterocycles. The highest BCUT2D eigenvalue weighted by atomic mass is 16.5. The Kier molecular flexibility index (Phi) is 4.18. The third-order valence-corrected chi connectivity index (χ3v) is 2.68. The fourth-order valence-electron chi connectivity index (χ4n) is 1.71. The minimum Gasteiger partial charge on any atom is -0.383 e. The maximum Gasteiger partial charge on any atom is 0.259 e. The summed E-state index contributed by atoms with van der Waals surface area (Å²) in [6.45, 7) is 4.20. The van der Waals surface area contributed by atoms with Crippen molar-refractivity contribution in [3.63, 3.8) is 0 Å². The van der Waals surface area contributed by atoms with E-state index in [1.807, 2.05) is 19.9 Å². The van der Waals surface area contributed by atoms with Crippen LogP contribution in [-0.2, 0) is 11.2 Å². The molecule has 102 valence electrons. The van der Waals surface area contributed by atoms with Crippen LogP contribution in [-0.4, -0.2) is 34.1 Å². The first-order valence-electron chi connectivity index (χ1n) is 6.07. The van der Waals surface area contributed by atoms with Gasteiger partial charge in [-0.15, -0.1) is 0 Å². The van der Waals surface area contributed by atoms with Gasteiger partial charge in [-0.1, -0.05) is 12.1 Å². The molecule has 1 atom stereocenters. The second-order valence-electron chi connectivity index (χ2n) is 4.22. The highest BCUT2D eigenvalue weighted by Crippen LogP contribution is 2.22. The van der Waals surface area contributed by atoms with Crippen LogP contribution in [0.4, 0.5) is 0 Å². The molecule has 0 saturated carbocycles. The van der Waals surface area contributed by atoms with Gasteiger partial charge in [-0.3, -0.25) is 0 Å². The van der Waals surface area contributed by atoms with Crippen molar-refractivity contribution in [2.45, 2.75) is 26.3 Å².